The molecule has 0 radical (unpaired) electrons. The molecule has 2 aromatic rings. The van der Waals surface area contributed by atoms with Crippen molar-refractivity contribution in [3.05, 3.63) is 28.3 Å². The zero-order valence-electron chi connectivity index (χ0n) is 8.73. The van der Waals surface area contributed by atoms with Gasteiger partial charge in [0.2, 0.25) is 0 Å². The van der Waals surface area contributed by atoms with Crippen LogP contribution < -0.4 is 0 Å². The average Bonchev–Trinajstić information content (AvgIpc) is 2.87. The molecular weight excluding hydrogens is 240 g/mol. The highest BCUT2D eigenvalue weighted by atomic mass is 32.2. The fourth-order valence-electron chi connectivity index (χ4n) is 1.35. The van der Waals surface area contributed by atoms with Crippen LogP contribution in [0.5, 0.6) is 0 Å². The second-order valence-electron chi connectivity index (χ2n) is 3.34. The molecule has 0 spiro atoms. The Hall–Kier alpha value is -0.250. The van der Waals surface area contributed by atoms with Gasteiger partial charge in [-0.15, -0.1) is 23.1 Å². The molecule has 0 bridgehead atoms. The van der Waals surface area contributed by atoms with Gasteiger partial charge in [0, 0.05) is 5.56 Å². The summed E-state index contributed by atoms with van der Waals surface area (Å²) in [6.45, 7) is 2.24. The predicted molar refractivity (Wildman–Crippen MR) is 73.3 cm³/mol. The minimum Gasteiger partial charge on any atom is -0.152 e. The maximum Gasteiger partial charge on any atom is 0.0677 e. The van der Waals surface area contributed by atoms with Crippen molar-refractivity contribution in [3.8, 4) is 11.1 Å². The van der Waals surface area contributed by atoms with E-state index in [0.29, 0.717) is 0 Å². The monoisotopic (exact) mass is 254 g/mol. The third-order valence-corrected chi connectivity index (χ3v) is 5.20. The van der Waals surface area contributed by atoms with E-state index in [-0.39, 0.29) is 0 Å². The Balaban J connectivity index is 2.09. The van der Waals surface area contributed by atoms with E-state index in [0.717, 1.165) is 0 Å². The number of thiophene rings is 2. The Bertz CT molecular complexity index is 387. The van der Waals surface area contributed by atoms with Gasteiger partial charge < -0.3 is 0 Å². The van der Waals surface area contributed by atoms with Crippen molar-refractivity contribution in [1.29, 1.82) is 0 Å². The van der Waals surface area contributed by atoms with Crippen LogP contribution in [0.4, 0.5) is 0 Å². The van der Waals surface area contributed by atoms with E-state index in [1.54, 1.807) is 11.3 Å². The maximum atomic E-state index is 2.24. The molecule has 0 saturated heterocycles. The molecule has 2 rings (SSSR count). The second kappa shape index (κ2) is 5.73. The van der Waals surface area contributed by atoms with E-state index in [4.69, 9.17) is 0 Å². The Morgan fingerprint density at radius 2 is 2.20 bits per heavy atom. The van der Waals surface area contributed by atoms with Crippen LogP contribution in [0.2, 0.25) is 0 Å². The van der Waals surface area contributed by atoms with Gasteiger partial charge in [0.15, 0.2) is 0 Å². The topological polar surface area (TPSA) is 0 Å². The largest absolute Gasteiger partial charge is 0.152 e. The Morgan fingerprint density at radius 3 is 2.93 bits per heavy atom. The quantitative estimate of drug-likeness (QED) is 0.510. The minimum atomic E-state index is 1.24. The molecule has 0 aromatic carbocycles. The third kappa shape index (κ3) is 2.86. The lowest BCUT2D eigenvalue weighted by Gasteiger charge is -2.00. The highest BCUT2D eigenvalue weighted by molar-refractivity contribution is 8.01. The molecule has 2 aromatic heterocycles. The fourth-order valence-corrected chi connectivity index (χ4v) is 4.29. The summed E-state index contributed by atoms with van der Waals surface area (Å²) in [6, 6.07) is 4.44. The molecule has 0 aliphatic rings. The summed E-state index contributed by atoms with van der Waals surface area (Å²) in [5.41, 5.74) is 2.79. The standard InChI is InChI=1S/C12H14S3/c1-2-3-6-14-12-11(5-8-15-12)10-4-7-13-9-10/h4-5,7-9H,2-3,6H2,1H3. The highest BCUT2D eigenvalue weighted by Crippen LogP contribution is 2.37. The lowest BCUT2D eigenvalue weighted by atomic mass is 10.2. The Morgan fingerprint density at radius 1 is 1.27 bits per heavy atom. The molecule has 0 unspecified atom stereocenters. The van der Waals surface area contributed by atoms with Gasteiger partial charge in [0.25, 0.3) is 0 Å². The maximum absolute atomic E-state index is 2.24. The number of thioether (sulfide) groups is 1. The van der Waals surface area contributed by atoms with Gasteiger partial charge in [0.1, 0.15) is 0 Å². The number of unbranched alkanes of at least 4 members (excludes halogenated alkanes) is 1. The Kier molecular flexibility index (Phi) is 4.29. The molecule has 0 N–H and O–H groups in total. The van der Waals surface area contributed by atoms with Crippen molar-refractivity contribution in [3.63, 3.8) is 0 Å². The van der Waals surface area contributed by atoms with Gasteiger partial charge in [-0.05, 0) is 46.0 Å². The highest BCUT2D eigenvalue weighted by Gasteiger charge is 2.06. The smallest absolute Gasteiger partial charge is 0.0677 e. The zero-order chi connectivity index (χ0) is 10.5. The molecule has 80 valence electrons. The SMILES string of the molecule is CCCCSc1sccc1-c1ccsc1. The molecule has 0 nitrogen and oxygen atoms in total. The molecule has 0 fully saturated rings. The average molecular weight is 254 g/mol. The predicted octanol–water partition coefficient (Wildman–Crippen LogP) is 5.37. The van der Waals surface area contributed by atoms with Gasteiger partial charge >= 0.3 is 0 Å². The minimum absolute atomic E-state index is 1.24. The molecule has 0 amide bonds. The summed E-state index contributed by atoms with van der Waals surface area (Å²) in [5, 5.41) is 6.57. The second-order valence-corrected chi connectivity index (χ2v) is 6.40. The first-order chi connectivity index (χ1) is 7.42. The Labute approximate surface area is 103 Å². The lowest BCUT2D eigenvalue weighted by Crippen LogP contribution is -1.77. The van der Waals surface area contributed by atoms with Crippen molar-refractivity contribution < 1.29 is 0 Å². The number of hydrogen-bond acceptors (Lipinski definition) is 3. The van der Waals surface area contributed by atoms with Gasteiger partial charge in [-0.3, -0.25) is 0 Å². The van der Waals surface area contributed by atoms with Gasteiger partial charge in [-0.25, -0.2) is 0 Å². The molecule has 0 aliphatic heterocycles. The van der Waals surface area contributed by atoms with E-state index >= 15 is 0 Å². The van der Waals surface area contributed by atoms with E-state index in [1.807, 2.05) is 23.1 Å². The molecule has 0 atom stereocenters. The first kappa shape index (κ1) is 11.2. The van der Waals surface area contributed by atoms with Crippen molar-refractivity contribution in [2.24, 2.45) is 0 Å². The number of hydrogen-bond donors (Lipinski definition) is 0. The van der Waals surface area contributed by atoms with Crippen molar-refractivity contribution in [1.82, 2.24) is 0 Å². The van der Waals surface area contributed by atoms with Crippen LogP contribution in [0, 0.1) is 0 Å². The van der Waals surface area contributed by atoms with E-state index < -0.39 is 0 Å². The summed E-state index contributed by atoms with van der Waals surface area (Å²) in [7, 11) is 0. The zero-order valence-corrected chi connectivity index (χ0v) is 11.2. The summed E-state index contributed by atoms with van der Waals surface area (Å²) < 4.78 is 1.47. The summed E-state index contributed by atoms with van der Waals surface area (Å²) in [4.78, 5) is 0. The van der Waals surface area contributed by atoms with Gasteiger partial charge in [-0.2, -0.15) is 11.3 Å². The molecule has 2 heterocycles. The van der Waals surface area contributed by atoms with Gasteiger partial charge in [-0.1, -0.05) is 13.3 Å². The summed E-state index contributed by atoms with van der Waals surface area (Å²) in [5.74, 6) is 1.24. The summed E-state index contributed by atoms with van der Waals surface area (Å²) in [6.07, 6.45) is 2.60. The molecule has 0 aliphatic carbocycles. The van der Waals surface area contributed by atoms with E-state index in [9.17, 15) is 0 Å². The van der Waals surface area contributed by atoms with Gasteiger partial charge in [0.05, 0.1) is 4.21 Å². The van der Waals surface area contributed by atoms with Crippen LogP contribution in [0.3, 0.4) is 0 Å². The van der Waals surface area contributed by atoms with Crippen LogP contribution in [0.15, 0.2) is 32.5 Å². The van der Waals surface area contributed by atoms with Crippen LogP contribution >= 0.6 is 34.4 Å². The van der Waals surface area contributed by atoms with Crippen LogP contribution in [0.1, 0.15) is 19.8 Å². The fraction of sp³-hybridized carbons (Fsp3) is 0.333. The van der Waals surface area contributed by atoms with E-state index in [2.05, 4.69) is 35.2 Å². The molecular formula is C12H14S3. The summed E-state index contributed by atoms with van der Waals surface area (Å²) >= 11 is 5.64. The first-order valence-electron chi connectivity index (χ1n) is 5.14. The van der Waals surface area contributed by atoms with Crippen molar-refractivity contribution >= 4 is 34.4 Å². The van der Waals surface area contributed by atoms with Crippen molar-refractivity contribution in [2.45, 2.75) is 24.0 Å². The van der Waals surface area contributed by atoms with Crippen LogP contribution in [-0.4, -0.2) is 5.75 Å². The molecule has 15 heavy (non-hydrogen) atoms. The molecule has 3 heteroatoms. The normalized spacial score (nSPS) is 10.7. The van der Waals surface area contributed by atoms with E-state index in [1.165, 1.54) is 33.9 Å². The van der Waals surface area contributed by atoms with Crippen molar-refractivity contribution in [2.75, 3.05) is 5.75 Å². The lowest BCUT2D eigenvalue weighted by molar-refractivity contribution is 0.897. The number of rotatable bonds is 5. The first-order valence-corrected chi connectivity index (χ1v) is 7.95. The molecule has 0 saturated carbocycles. The third-order valence-electron chi connectivity index (χ3n) is 2.19. The van der Waals surface area contributed by atoms with Crippen LogP contribution in [-0.2, 0) is 0 Å². The van der Waals surface area contributed by atoms with Crippen LogP contribution in [0.25, 0.3) is 11.1 Å².